The Bertz CT molecular complexity index is 353. The van der Waals surface area contributed by atoms with Crippen LogP contribution in [0.25, 0.3) is 0 Å². The lowest BCUT2D eigenvalue weighted by Gasteiger charge is -2.08. The van der Waals surface area contributed by atoms with E-state index >= 15 is 0 Å². The van der Waals surface area contributed by atoms with Gasteiger partial charge in [-0.1, -0.05) is 23.2 Å². The number of hydrogen-bond acceptors (Lipinski definition) is 2. The SMILES string of the molecule is C[C@H](C(=O)O)c1cc(Cl)c(O)c(Cl)c1. The van der Waals surface area contributed by atoms with Gasteiger partial charge in [0.25, 0.3) is 0 Å². The number of aromatic hydroxyl groups is 1. The second-order valence-corrected chi connectivity index (χ2v) is 3.71. The summed E-state index contributed by atoms with van der Waals surface area (Å²) in [5, 5.41) is 18.1. The van der Waals surface area contributed by atoms with Crippen LogP contribution in [0.2, 0.25) is 10.0 Å². The van der Waals surface area contributed by atoms with Crippen molar-refractivity contribution in [3.63, 3.8) is 0 Å². The van der Waals surface area contributed by atoms with Crippen molar-refractivity contribution in [2.24, 2.45) is 0 Å². The van der Waals surface area contributed by atoms with Crippen molar-refractivity contribution in [3.05, 3.63) is 27.7 Å². The fourth-order valence-corrected chi connectivity index (χ4v) is 1.48. The van der Waals surface area contributed by atoms with E-state index in [0.717, 1.165) is 0 Å². The van der Waals surface area contributed by atoms with Gasteiger partial charge in [-0.2, -0.15) is 0 Å². The molecule has 1 atom stereocenters. The summed E-state index contributed by atoms with van der Waals surface area (Å²) in [5.41, 5.74) is 0.463. The summed E-state index contributed by atoms with van der Waals surface area (Å²) in [6.45, 7) is 1.52. The minimum atomic E-state index is -0.970. The number of aliphatic carboxylic acids is 1. The fourth-order valence-electron chi connectivity index (χ4n) is 0.978. The highest BCUT2D eigenvalue weighted by Crippen LogP contribution is 2.34. The molecule has 0 unspecified atom stereocenters. The van der Waals surface area contributed by atoms with Crippen LogP contribution >= 0.6 is 23.2 Å². The van der Waals surface area contributed by atoms with E-state index in [1.165, 1.54) is 19.1 Å². The Kier molecular flexibility index (Phi) is 3.24. The Hall–Kier alpha value is -0.930. The second-order valence-electron chi connectivity index (χ2n) is 2.89. The monoisotopic (exact) mass is 234 g/mol. The lowest BCUT2D eigenvalue weighted by atomic mass is 10.0. The van der Waals surface area contributed by atoms with Crippen LogP contribution in [0.1, 0.15) is 18.4 Å². The van der Waals surface area contributed by atoms with Gasteiger partial charge in [0.15, 0.2) is 5.75 Å². The molecule has 0 aliphatic rings. The molecular formula is C9H8Cl2O3. The zero-order valence-corrected chi connectivity index (χ0v) is 8.80. The van der Waals surface area contributed by atoms with Crippen LogP contribution < -0.4 is 0 Å². The summed E-state index contributed by atoms with van der Waals surface area (Å²) in [4.78, 5) is 10.7. The zero-order chi connectivity index (χ0) is 10.9. The van der Waals surface area contributed by atoms with Gasteiger partial charge >= 0.3 is 5.97 Å². The van der Waals surface area contributed by atoms with E-state index in [-0.39, 0.29) is 15.8 Å². The fraction of sp³-hybridized carbons (Fsp3) is 0.222. The quantitative estimate of drug-likeness (QED) is 0.828. The predicted molar refractivity (Wildman–Crippen MR) is 54.2 cm³/mol. The normalized spacial score (nSPS) is 12.5. The molecular weight excluding hydrogens is 227 g/mol. The number of halogens is 2. The summed E-state index contributed by atoms with van der Waals surface area (Å²) in [7, 11) is 0. The molecule has 0 bridgehead atoms. The molecule has 3 nitrogen and oxygen atoms in total. The Labute approximate surface area is 90.9 Å². The predicted octanol–water partition coefficient (Wildman–Crippen LogP) is 2.89. The number of hydrogen-bond donors (Lipinski definition) is 2. The van der Waals surface area contributed by atoms with Crippen LogP contribution in [0.5, 0.6) is 5.75 Å². The van der Waals surface area contributed by atoms with Gasteiger partial charge in [-0.3, -0.25) is 4.79 Å². The molecule has 0 fully saturated rings. The van der Waals surface area contributed by atoms with E-state index in [0.29, 0.717) is 5.56 Å². The van der Waals surface area contributed by atoms with Crippen LogP contribution in [0.4, 0.5) is 0 Å². The maximum atomic E-state index is 10.7. The summed E-state index contributed by atoms with van der Waals surface area (Å²) >= 11 is 11.3. The van der Waals surface area contributed by atoms with E-state index in [9.17, 15) is 9.90 Å². The van der Waals surface area contributed by atoms with Gasteiger partial charge in [-0.25, -0.2) is 0 Å². The van der Waals surface area contributed by atoms with Crippen LogP contribution in [0.15, 0.2) is 12.1 Å². The molecule has 1 aromatic rings. The maximum absolute atomic E-state index is 10.7. The molecule has 0 saturated heterocycles. The third-order valence-corrected chi connectivity index (χ3v) is 2.49. The van der Waals surface area contributed by atoms with Crippen molar-refractivity contribution in [2.45, 2.75) is 12.8 Å². The van der Waals surface area contributed by atoms with Gasteiger partial charge < -0.3 is 10.2 Å². The standard InChI is InChI=1S/C9H8Cl2O3/c1-4(9(13)14)5-2-6(10)8(12)7(11)3-5/h2-4,12H,1H3,(H,13,14)/t4-/m0/s1. The van der Waals surface area contributed by atoms with Crippen molar-refractivity contribution in [3.8, 4) is 5.75 Å². The molecule has 1 aromatic carbocycles. The molecule has 5 heteroatoms. The van der Waals surface area contributed by atoms with Crippen molar-refractivity contribution < 1.29 is 15.0 Å². The maximum Gasteiger partial charge on any atom is 0.310 e. The molecule has 0 radical (unpaired) electrons. The van der Waals surface area contributed by atoms with Crippen molar-refractivity contribution in [2.75, 3.05) is 0 Å². The first-order valence-corrected chi connectivity index (χ1v) is 4.59. The molecule has 0 aliphatic carbocycles. The topological polar surface area (TPSA) is 57.5 Å². The molecule has 0 amide bonds. The number of carboxylic acid groups (broad SMARTS) is 1. The van der Waals surface area contributed by atoms with Crippen molar-refractivity contribution in [1.29, 1.82) is 0 Å². The van der Waals surface area contributed by atoms with Crippen molar-refractivity contribution in [1.82, 2.24) is 0 Å². The third kappa shape index (κ3) is 2.11. The molecule has 0 aliphatic heterocycles. The van der Waals surface area contributed by atoms with Gasteiger partial charge in [0, 0.05) is 0 Å². The first kappa shape index (κ1) is 11.1. The summed E-state index contributed by atoms with van der Waals surface area (Å²) < 4.78 is 0. The van der Waals surface area contributed by atoms with Gasteiger partial charge in [0.1, 0.15) is 0 Å². The zero-order valence-electron chi connectivity index (χ0n) is 7.29. The lowest BCUT2D eigenvalue weighted by molar-refractivity contribution is -0.138. The minimum absolute atomic E-state index is 0.0561. The minimum Gasteiger partial charge on any atom is -0.505 e. The summed E-state index contributed by atoms with van der Waals surface area (Å²) in [5.74, 6) is -1.90. The number of carboxylic acids is 1. The average Bonchev–Trinajstić information content (AvgIpc) is 2.12. The number of benzene rings is 1. The highest BCUT2D eigenvalue weighted by molar-refractivity contribution is 6.37. The van der Waals surface area contributed by atoms with Gasteiger partial charge in [0.05, 0.1) is 16.0 Å². The smallest absolute Gasteiger partial charge is 0.310 e. The van der Waals surface area contributed by atoms with E-state index < -0.39 is 11.9 Å². The van der Waals surface area contributed by atoms with Crippen LogP contribution in [-0.4, -0.2) is 16.2 Å². The average molecular weight is 235 g/mol. The lowest BCUT2D eigenvalue weighted by Crippen LogP contribution is -2.07. The highest BCUT2D eigenvalue weighted by Gasteiger charge is 2.16. The largest absolute Gasteiger partial charge is 0.505 e. The molecule has 14 heavy (non-hydrogen) atoms. The molecule has 2 N–H and O–H groups in total. The molecule has 0 heterocycles. The summed E-state index contributed by atoms with van der Waals surface area (Å²) in [6.07, 6.45) is 0. The molecule has 0 saturated carbocycles. The van der Waals surface area contributed by atoms with Gasteiger partial charge in [-0.05, 0) is 24.6 Å². The third-order valence-electron chi connectivity index (χ3n) is 1.91. The molecule has 1 rings (SSSR count). The number of rotatable bonds is 2. The second kappa shape index (κ2) is 4.07. The van der Waals surface area contributed by atoms with E-state index in [1.54, 1.807) is 0 Å². The number of carbonyl (C=O) groups is 1. The van der Waals surface area contributed by atoms with E-state index in [2.05, 4.69) is 0 Å². The first-order chi connectivity index (χ1) is 6.43. The van der Waals surface area contributed by atoms with Crippen LogP contribution in [0, 0.1) is 0 Å². The highest BCUT2D eigenvalue weighted by atomic mass is 35.5. The Balaban J connectivity index is 3.19. The van der Waals surface area contributed by atoms with E-state index in [1.807, 2.05) is 0 Å². The van der Waals surface area contributed by atoms with Gasteiger partial charge in [0.2, 0.25) is 0 Å². The van der Waals surface area contributed by atoms with E-state index in [4.69, 9.17) is 28.3 Å². The van der Waals surface area contributed by atoms with Crippen molar-refractivity contribution >= 4 is 29.2 Å². The Morgan fingerprint density at radius 3 is 2.14 bits per heavy atom. The Morgan fingerprint density at radius 1 is 1.36 bits per heavy atom. The Morgan fingerprint density at radius 2 is 1.79 bits per heavy atom. The molecule has 0 spiro atoms. The van der Waals surface area contributed by atoms with Crippen LogP contribution in [0.3, 0.4) is 0 Å². The molecule has 76 valence electrons. The number of phenols is 1. The van der Waals surface area contributed by atoms with Crippen LogP contribution in [-0.2, 0) is 4.79 Å². The number of phenolic OH excluding ortho intramolecular Hbond substituents is 1. The molecule has 0 aromatic heterocycles. The van der Waals surface area contributed by atoms with Gasteiger partial charge in [-0.15, -0.1) is 0 Å². The summed E-state index contributed by atoms with van der Waals surface area (Å²) in [6, 6.07) is 2.78. The first-order valence-electron chi connectivity index (χ1n) is 3.84.